The molecular weight excluding hydrogens is 182 g/mol. The number of hydrogen-bond acceptors (Lipinski definition) is 4. The van der Waals surface area contributed by atoms with Crippen molar-refractivity contribution in [1.29, 1.82) is 0 Å². The smallest absolute Gasteiger partial charge is 0.208 e. The molecule has 0 atom stereocenters. The molecule has 0 aliphatic heterocycles. The average molecular weight is 195 g/mol. The molecule has 0 radical (unpaired) electrons. The fraction of sp³-hybridized carbons (Fsp3) is 0.750. The molecule has 8 heteroatoms. The van der Waals surface area contributed by atoms with Crippen molar-refractivity contribution >= 4 is 16.0 Å². The van der Waals surface area contributed by atoms with Crippen LogP contribution >= 0.6 is 0 Å². The molecule has 0 unspecified atom stereocenters. The van der Waals surface area contributed by atoms with E-state index in [4.69, 9.17) is 11.6 Å². The van der Waals surface area contributed by atoms with Crippen LogP contribution in [0.4, 0.5) is 0 Å². The van der Waals surface area contributed by atoms with Gasteiger partial charge in [-0.25, -0.2) is 19.0 Å². The van der Waals surface area contributed by atoms with Gasteiger partial charge in [0.15, 0.2) is 0 Å². The van der Waals surface area contributed by atoms with Crippen molar-refractivity contribution in [2.75, 3.05) is 19.3 Å². The zero-order valence-corrected chi connectivity index (χ0v) is 7.56. The summed E-state index contributed by atoms with van der Waals surface area (Å²) >= 11 is 0. The third kappa shape index (κ3) is 7.25. The van der Waals surface area contributed by atoms with E-state index in [1.807, 2.05) is 0 Å². The summed E-state index contributed by atoms with van der Waals surface area (Å²) in [7, 11) is -3.14. The summed E-state index contributed by atoms with van der Waals surface area (Å²) in [6.07, 6.45) is 1.07. The van der Waals surface area contributed by atoms with Gasteiger partial charge in [-0.15, -0.1) is 0 Å². The van der Waals surface area contributed by atoms with E-state index in [9.17, 15) is 8.42 Å². The number of hydrogen-bond donors (Lipinski definition) is 4. The molecule has 0 aromatic rings. The summed E-state index contributed by atoms with van der Waals surface area (Å²) < 4.78 is 23.3. The second kappa shape index (κ2) is 4.91. The van der Waals surface area contributed by atoms with Crippen molar-refractivity contribution in [1.82, 2.24) is 10.1 Å². The van der Waals surface area contributed by atoms with E-state index in [0.29, 0.717) is 0 Å². The van der Waals surface area contributed by atoms with Gasteiger partial charge in [-0.3, -0.25) is 10.4 Å². The molecule has 72 valence electrons. The Labute approximate surface area is 71.2 Å². The predicted octanol–water partition coefficient (Wildman–Crippen LogP) is -2.69. The normalized spacial score (nSPS) is 13.0. The first-order valence-electron chi connectivity index (χ1n) is 3.17. The maximum Gasteiger partial charge on any atom is 0.208 e. The monoisotopic (exact) mass is 195 g/mol. The highest BCUT2D eigenvalue weighted by atomic mass is 32.2. The zero-order valence-electron chi connectivity index (χ0n) is 6.74. The highest BCUT2D eigenvalue weighted by Crippen LogP contribution is 1.73. The predicted molar refractivity (Wildman–Crippen MR) is 46.7 cm³/mol. The molecule has 0 amide bonds. The molecule has 0 aromatic heterocycles. The summed E-state index contributed by atoms with van der Waals surface area (Å²) in [5.74, 6) is 4.97. The molecular formula is C4H13N5O2S. The van der Waals surface area contributed by atoms with Gasteiger partial charge in [-0.05, 0) is 0 Å². The van der Waals surface area contributed by atoms with E-state index in [-0.39, 0.29) is 19.0 Å². The molecule has 0 saturated carbocycles. The van der Waals surface area contributed by atoms with E-state index in [1.54, 1.807) is 0 Å². The van der Waals surface area contributed by atoms with Crippen LogP contribution in [0.25, 0.3) is 0 Å². The van der Waals surface area contributed by atoms with Crippen LogP contribution < -0.4 is 21.7 Å². The maximum atomic E-state index is 10.5. The summed E-state index contributed by atoms with van der Waals surface area (Å²) in [6, 6.07) is 0. The van der Waals surface area contributed by atoms with Gasteiger partial charge in [0.1, 0.15) is 0 Å². The molecule has 6 N–H and O–H groups in total. The van der Waals surface area contributed by atoms with Crippen LogP contribution in [0.2, 0.25) is 0 Å². The Balaban J connectivity index is 3.59. The topological polar surface area (TPSA) is 123 Å². The molecule has 0 saturated heterocycles. The number of aliphatic imine (C=N–C) groups is 1. The van der Waals surface area contributed by atoms with Crippen molar-refractivity contribution in [3.63, 3.8) is 0 Å². The maximum absolute atomic E-state index is 10.5. The number of sulfonamides is 1. The highest BCUT2D eigenvalue weighted by Gasteiger charge is 1.97. The van der Waals surface area contributed by atoms with Gasteiger partial charge in [0.05, 0.1) is 12.8 Å². The SMILES string of the molecule is CS(=O)(=O)NCCN=C(N)NN. The number of hydrazine groups is 1. The Morgan fingerprint density at radius 3 is 2.58 bits per heavy atom. The van der Waals surface area contributed by atoms with Crippen molar-refractivity contribution in [3.05, 3.63) is 0 Å². The van der Waals surface area contributed by atoms with E-state index < -0.39 is 10.0 Å². The van der Waals surface area contributed by atoms with E-state index in [2.05, 4.69) is 15.1 Å². The molecule has 0 aliphatic carbocycles. The second-order valence-electron chi connectivity index (χ2n) is 2.08. The minimum atomic E-state index is -3.14. The van der Waals surface area contributed by atoms with Gasteiger partial charge in [0.2, 0.25) is 16.0 Å². The molecule has 7 nitrogen and oxygen atoms in total. The molecule has 0 aromatic carbocycles. The quantitative estimate of drug-likeness (QED) is 0.128. The van der Waals surface area contributed by atoms with Crippen molar-refractivity contribution < 1.29 is 8.42 Å². The van der Waals surface area contributed by atoms with Crippen LogP contribution in [0.3, 0.4) is 0 Å². The fourth-order valence-corrected chi connectivity index (χ4v) is 0.915. The first kappa shape index (κ1) is 11.1. The van der Waals surface area contributed by atoms with Crippen LogP contribution in [-0.2, 0) is 10.0 Å². The molecule has 0 rings (SSSR count). The molecule has 0 spiro atoms. The van der Waals surface area contributed by atoms with Crippen molar-refractivity contribution in [2.24, 2.45) is 16.6 Å². The van der Waals surface area contributed by atoms with Gasteiger partial charge in [0, 0.05) is 6.54 Å². The lowest BCUT2D eigenvalue weighted by Crippen LogP contribution is -2.37. The Kier molecular flexibility index (Phi) is 4.55. The average Bonchev–Trinajstić information content (AvgIpc) is 1.96. The van der Waals surface area contributed by atoms with E-state index in [0.717, 1.165) is 6.26 Å². The third-order valence-corrected chi connectivity index (χ3v) is 1.63. The summed E-state index contributed by atoms with van der Waals surface area (Å²) in [5.41, 5.74) is 7.27. The summed E-state index contributed by atoms with van der Waals surface area (Å²) in [4.78, 5) is 3.68. The molecule has 12 heavy (non-hydrogen) atoms. The van der Waals surface area contributed by atoms with Gasteiger partial charge in [-0.2, -0.15) is 0 Å². The van der Waals surface area contributed by atoms with Crippen LogP contribution in [0, 0.1) is 0 Å². The number of nitrogens with one attached hydrogen (secondary N) is 2. The lowest BCUT2D eigenvalue weighted by molar-refractivity contribution is 0.588. The molecule has 0 bridgehead atoms. The van der Waals surface area contributed by atoms with Crippen LogP contribution in [0.1, 0.15) is 0 Å². The molecule has 0 heterocycles. The summed E-state index contributed by atoms with van der Waals surface area (Å²) in [6.45, 7) is 0.463. The van der Waals surface area contributed by atoms with Crippen LogP contribution in [0.5, 0.6) is 0 Å². The van der Waals surface area contributed by atoms with Gasteiger partial charge >= 0.3 is 0 Å². The number of nitrogens with zero attached hydrogens (tertiary/aromatic N) is 1. The summed E-state index contributed by atoms with van der Waals surface area (Å²) in [5, 5.41) is 0. The Hall–Kier alpha value is -0.860. The lowest BCUT2D eigenvalue weighted by atomic mass is 10.7. The second-order valence-corrected chi connectivity index (χ2v) is 3.91. The van der Waals surface area contributed by atoms with Crippen LogP contribution in [0.15, 0.2) is 4.99 Å². The fourth-order valence-electron chi connectivity index (χ4n) is 0.453. The Bertz CT molecular complexity index is 246. The van der Waals surface area contributed by atoms with Gasteiger partial charge in [-0.1, -0.05) is 0 Å². The first-order chi connectivity index (χ1) is 5.45. The largest absolute Gasteiger partial charge is 0.369 e. The number of guanidine groups is 1. The third-order valence-electron chi connectivity index (χ3n) is 0.906. The lowest BCUT2D eigenvalue weighted by Gasteiger charge is -1.99. The van der Waals surface area contributed by atoms with Gasteiger partial charge in [0.25, 0.3) is 0 Å². The standard InChI is InChI=1S/C4H13N5O2S/c1-12(10,11)8-3-2-7-4(5)9-6/h8H,2-3,6H2,1H3,(H3,5,7,9). The first-order valence-corrected chi connectivity index (χ1v) is 5.06. The molecule has 0 fully saturated rings. The van der Waals surface area contributed by atoms with E-state index >= 15 is 0 Å². The van der Waals surface area contributed by atoms with Crippen molar-refractivity contribution in [2.45, 2.75) is 0 Å². The zero-order chi connectivity index (χ0) is 9.61. The van der Waals surface area contributed by atoms with Gasteiger partial charge < -0.3 is 5.73 Å². The van der Waals surface area contributed by atoms with Crippen molar-refractivity contribution in [3.8, 4) is 0 Å². The Morgan fingerprint density at radius 1 is 1.58 bits per heavy atom. The number of nitrogens with two attached hydrogens (primary N) is 2. The highest BCUT2D eigenvalue weighted by molar-refractivity contribution is 7.88. The molecule has 0 aliphatic rings. The Morgan fingerprint density at radius 2 is 2.17 bits per heavy atom. The number of rotatable bonds is 4. The van der Waals surface area contributed by atoms with E-state index in [1.165, 1.54) is 0 Å². The van der Waals surface area contributed by atoms with Crippen LogP contribution in [-0.4, -0.2) is 33.7 Å². The minimum absolute atomic E-state index is 0.0744. The minimum Gasteiger partial charge on any atom is -0.369 e.